The maximum Gasteiger partial charge on any atom is 0.340 e. The number of carbonyl (C=O) groups excluding carboxylic acids is 1. The number of hydrogen-bond acceptors (Lipinski definition) is 3. The molecular formula is C14H14BrNO2. The molecule has 0 bridgehead atoms. The lowest BCUT2D eigenvalue weighted by molar-refractivity contribution is -0.00777. The Morgan fingerprint density at radius 2 is 1.94 bits per heavy atom. The second-order valence-corrected chi connectivity index (χ2v) is 5.39. The van der Waals surface area contributed by atoms with E-state index in [-0.39, 0.29) is 0 Å². The fraction of sp³-hybridized carbons (Fsp3) is 0.429. The maximum atomic E-state index is 12.1. The molecule has 1 fully saturated rings. The molecule has 0 saturated heterocycles. The Morgan fingerprint density at radius 1 is 1.28 bits per heavy atom. The van der Waals surface area contributed by atoms with E-state index >= 15 is 0 Å². The molecule has 0 spiro atoms. The van der Waals surface area contributed by atoms with Gasteiger partial charge in [-0.2, -0.15) is 5.26 Å². The third kappa shape index (κ3) is 2.73. The van der Waals surface area contributed by atoms with Gasteiger partial charge < -0.3 is 4.74 Å². The molecule has 0 radical (unpaired) electrons. The van der Waals surface area contributed by atoms with Gasteiger partial charge in [0.05, 0.1) is 5.56 Å². The third-order valence-corrected chi connectivity index (χ3v) is 3.94. The van der Waals surface area contributed by atoms with E-state index in [9.17, 15) is 10.1 Å². The lowest BCUT2D eigenvalue weighted by atomic mass is 9.86. The van der Waals surface area contributed by atoms with Crippen molar-refractivity contribution in [2.75, 3.05) is 0 Å². The van der Waals surface area contributed by atoms with E-state index in [2.05, 4.69) is 22.0 Å². The van der Waals surface area contributed by atoms with Crippen molar-refractivity contribution >= 4 is 21.9 Å². The molecule has 0 atom stereocenters. The van der Waals surface area contributed by atoms with Crippen molar-refractivity contribution in [3.8, 4) is 6.07 Å². The molecule has 1 saturated carbocycles. The van der Waals surface area contributed by atoms with E-state index in [4.69, 9.17) is 4.74 Å². The first-order chi connectivity index (χ1) is 8.67. The predicted octanol–water partition coefficient (Wildman–Crippen LogP) is 3.83. The van der Waals surface area contributed by atoms with Crippen LogP contribution in [0.2, 0.25) is 0 Å². The van der Waals surface area contributed by atoms with E-state index in [0.29, 0.717) is 22.9 Å². The third-order valence-electron chi connectivity index (χ3n) is 3.25. The molecule has 1 aromatic rings. The molecule has 0 N–H and O–H groups in total. The summed E-state index contributed by atoms with van der Waals surface area (Å²) in [7, 11) is 0. The quantitative estimate of drug-likeness (QED) is 0.780. The fourth-order valence-electron chi connectivity index (χ4n) is 2.22. The number of esters is 1. The molecular weight excluding hydrogens is 294 g/mol. The summed E-state index contributed by atoms with van der Waals surface area (Å²) < 4.78 is 6.16. The van der Waals surface area contributed by atoms with Crippen molar-refractivity contribution < 1.29 is 9.53 Å². The lowest BCUT2D eigenvalue weighted by Gasteiger charge is -2.30. The van der Waals surface area contributed by atoms with Crippen LogP contribution in [0, 0.1) is 11.3 Å². The SMILES string of the molecule is N#CC1(OC(=O)c2ccccc2Br)CCCCC1. The molecule has 0 aliphatic heterocycles. The highest BCUT2D eigenvalue weighted by atomic mass is 79.9. The van der Waals surface area contributed by atoms with Crippen molar-refractivity contribution in [3.05, 3.63) is 34.3 Å². The zero-order valence-electron chi connectivity index (χ0n) is 9.99. The molecule has 3 nitrogen and oxygen atoms in total. The van der Waals surface area contributed by atoms with Gasteiger partial charge in [0.1, 0.15) is 6.07 Å². The van der Waals surface area contributed by atoms with Gasteiger partial charge in [-0.25, -0.2) is 4.79 Å². The molecule has 0 aromatic heterocycles. The van der Waals surface area contributed by atoms with E-state index in [0.717, 1.165) is 19.3 Å². The normalized spacial score (nSPS) is 17.8. The average Bonchev–Trinajstić information content (AvgIpc) is 2.40. The molecule has 18 heavy (non-hydrogen) atoms. The summed E-state index contributed by atoms with van der Waals surface area (Å²) in [5.74, 6) is -0.425. The molecule has 0 amide bonds. The summed E-state index contributed by atoms with van der Waals surface area (Å²) in [6.07, 6.45) is 4.27. The fourth-order valence-corrected chi connectivity index (χ4v) is 2.67. The molecule has 1 aromatic carbocycles. The molecule has 1 aliphatic rings. The number of ether oxygens (including phenoxy) is 1. The van der Waals surface area contributed by atoms with Crippen molar-refractivity contribution in [1.29, 1.82) is 5.26 Å². The van der Waals surface area contributed by atoms with Crippen molar-refractivity contribution in [2.45, 2.75) is 37.7 Å². The Hall–Kier alpha value is -1.34. The first-order valence-electron chi connectivity index (χ1n) is 6.06. The second-order valence-electron chi connectivity index (χ2n) is 4.54. The Bertz CT molecular complexity index is 487. The highest BCUT2D eigenvalue weighted by molar-refractivity contribution is 9.10. The van der Waals surface area contributed by atoms with Gasteiger partial charge in [-0.3, -0.25) is 0 Å². The minimum atomic E-state index is -0.926. The number of nitrogens with zero attached hydrogens (tertiary/aromatic N) is 1. The predicted molar refractivity (Wildman–Crippen MR) is 71.0 cm³/mol. The molecule has 94 valence electrons. The smallest absolute Gasteiger partial charge is 0.340 e. The Morgan fingerprint density at radius 3 is 2.56 bits per heavy atom. The Kier molecular flexibility index (Phi) is 4.03. The van der Waals surface area contributed by atoms with Gasteiger partial charge in [-0.1, -0.05) is 18.6 Å². The van der Waals surface area contributed by atoms with Crippen LogP contribution in [0.3, 0.4) is 0 Å². The van der Waals surface area contributed by atoms with Gasteiger partial charge in [-0.05, 0) is 40.9 Å². The van der Waals surface area contributed by atoms with Crippen molar-refractivity contribution in [3.63, 3.8) is 0 Å². The summed E-state index contributed by atoms with van der Waals surface area (Å²) in [5.41, 5.74) is -0.456. The molecule has 0 unspecified atom stereocenters. The lowest BCUT2D eigenvalue weighted by Crippen LogP contribution is -2.35. The van der Waals surface area contributed by atoms with Crippen LogP contribution in [0.5, 0.6) is 0 Å². The number of benzene rings is 1. The molecule has 0 heterocycles. The Labute approximate surface area is 115 Å². The zero-order chi connectivity index (χ0) is 13.0. The second kappa shape index (κ2) is 5.53. The van der Waals surface area contributed by atoms with E-state index in [1.54, 1.807) is 18.2 Å². The van der Waals surface area contributed by atoms with E-state index < -0.39 is 11.6 Å². The average molecular weight is 308 g/mol. The Balaban J connectivity index is 2.16. The maximum absolute atomic E-state index is 12.1. The standard InChI is InChI=1S/C14H14BrNO2/c15-12-7-3-2-6-11(12)13(17)18-14(10-16)8-4-1-5-9-14/h2-3,6-7H,1,4-5,8-9H2. The molecule has 2 rings (SSSR count). The van der Waals surface area contributed by atoms with E-state index in [1.807, 2.05) is 6.07 Å². The minimum absolute atomic E-state index is 0.425. The van der Waals surface area contributed by atoms with Crippen molar-refractivity contribution in [2.24, 2.45) is 0 Å². The summed E-state index contributed by atoms with van der Waals surface area (Å²) in [5, 5.41) is 9.27. The van der Waals surface area contributed by atoms with Gasteiger partial charge in [0.25, 0.3) is 0 Å². The van der Waals surface area contributed by atoms with Gasteiger partial charge in [0.2, 0.25) is 0 Å². The zero-order valence-corrected chi connectivity index (χ0v) is 11.6. The first-order valence-corrected chi connectivity index (χ1v) is 6.85. The number of halogens is 1. The van der Waals surface area contributed by atoms with Gasteiger partial charge in [-0.15, -0.1) is 0 Å². The summed E-state index contributed by atoms with van der Waals surface area (Å²) >= 11 is 3.32. The van der Waals surface area contributed by atoms with Crippen LogP contribution in [0.1, 0.15) is 42.5 Å². The summed E-state index contributed by atoms with van der Waals surface area (Å²) in [6.45, 7) is 0. The van der Waals surface area contributed by atoms with Gasteiger partial charge in [0.15, 0.2) is 5.60 Å². The molecule has 1 aliphatic carbocycles. The summed E-state index contributed by atoms with van der Waals surface area (Å²) in [6, 6.07) is 9.28. The summed E-state index contributed by atoms with van der Waals surface area (Å²) in [4.78, 5) is 12.1. The van der Waals surface area contributed by atoms with E-state index in [1.165, 1.54) is 0 Å². The number of hydrogen-bond donors (Lipinski definition) is 0. The van der Waals surface area contributed by atoms with Crippen LogP contribution in [0.4, 0.5) is 0 Å². The molecule has 4 heteroatoms. The van der Waals surface area contributed by atoms with Crippen LogP contribution in [0.25, 0.3) is 0 Å². The largest absolute Gasteiger partial charge is 0.440 e. The van der Waals surface area contributed by atoms with Crippen LogP contribution >= 0.6 is 15.9 Å². The topological polar surface area (TPSA) is 50.1 Å². The van der Waals surface area contributed by atoms with Crippen LogP contribution in [0.15, 0.2) is 28.7 Å². The van der Waals surface area contributed by atoms with Crippen LogP contribution in [-0.4, -0.2) is 11.6 Å². The highest BCUT2D eigenvalue weighted by Gasteiger charge is 2.36. The minimum Gasteiger partial charge on any atom is -0.440 e. The number of carbonyl (C=O) groups is 1. The monoisotopic (exact) mass is 307 g/mol. The van der Waals surface area contributed by atoms with Gasteiger partial charge in [0, 0.05) is 17.3 Å². The highest BCUT2D eigenvalue weighted by Crippen LogP contribution is 2.32. The first kappa shape index (κ1) is 13.1. The van der Waals surface area contributed by atoms with Crippen LogP contribution < -0.4 is 0 Å². The number of nitriles is 1. The van der Waals surface area contributed by atoms with Crippen molar-refractivity contribution in [1.82, 2.24) is 0 Å². The van der Waals surface area contributed by atoms with Crippen LogP contribution in [-0.2, 0) is 4.74 Å². The van der Waals surface area contributed by atoms with Gasteiger partial charge >= 0.3 is 5.97 Å². The number of rotatable bonds is 2.